The van der Waals surface area contributed by atoms with Crippen LogP contribution < -0.4 is 9.03 Å². The number of ether oxygens (including phenoxy) is 2. The van der Waals surface area contributed by atoms with Crippen molar-refractivity contribution in [1.29, 1.82) is 0 Å². The Labute approximate surface area is 212 Å². The van der Waals surface area contributed by atoms with Crippen LogP contribution in [0.3, 0.4) is 0 Å². The number of nitrogens with zero attached hydrogens (tertiary/aromatic N) is 2. The summed E-state index contributed by atoms with van der Waals surface area (Å²) < 4.78 is 41.4. The van der Waals surface area contributed by atoms with Gasteiger partial charge in [0.15, 0.2) is 5.82 Å². The van der Waals surface area contributed by atoms with E-state index < -0.39 is 53.0 Å². The molecule has 0 bridgehead atoms. The van der Waals surface area contributed by atoms with Gasteiger partial charge in [0.05, 0.1) is 18.5 Å². The Morgan fingerprint density at radius 3 is 2.47 bits per heavy atom. The summed E-state index contributed by atoms with van der Waals surface area (Å²) in [5.41, 5.74) is 0.206. The number of esters is 1. The lowest BCUT2D eigenvalue weighted by Crippen LogP contribution is -2.39. The molecule has 2 heterocycles. The van der Waals surface area contributed by atoms with E-state index >= 15 is 4.39 Å². The standard InChI is InChI=1S/C24H32FN3O7S/c1-13(2)6-7-17-10-16(11-27(17)24(32)35-15(5)34-23(31)14(3)4)18-8-9-19(29)22(21(18)25)28-12-20(30)26-36(28)33/h8-10,13-15,17,29H,6-7,11-12H2,1-5H3,(H,26,30). The highest BCUT2D eigenvalue weighted by Crippen LogP contribution is 2.39. The Bertz CT molecular complexity index is 1090. The molecule has 36 heavy (non-hydrogen) atoms. The Morgan fingerprint density at radius 1 is 1.19 bits per heavy atom. The Balaban J connectivity index is 1.86. The molecule has 0 radical (unpaired) electrons. The molecule has 1 saturated heterocycles. The van der Waals surface area contributed by atoms with E-state index in [4.69, 9.17) is 9.47 Å². The van der Waals surface area contributed by atoms with Crippen molar-refractivity contribution in [3.63, 3.8) is 0 Å². The second-order valence-corrected chi connectivity index (χ2v) is 10.7. The molecule has 1 aromatic carbocycles. The molecule has 0 saturated carbocycles. The van der Waals surface area contributed by atoms with Crippen LogP contribution in [-0.4, -0.2) is 57.6 Å². The maximum atomic E-state index is 15.6. The Hall–Kier alpha value is -3.15. The van der Waals surface area contributed by atoms with Crippen LogP contribution in [0.1, 0.15) is 53.0 Å². The first-order chi connectivity index (χ1) is 16.9. The summed E-state index contributed by atoms with van der Waals surface area (Å²) in [6.45, 7) is 8.51. The third kappa shape index (κ3) is 6.15. The normalized spacial score (nSPS) is 20.6. The lowest BCUT2D eigenvalue weighted by atomic mass is 10.0. The van der Waals surface area contributed by atoms with Gasteiger partial charge in [-0.05, 0) is 36.5 Å². The average molecular weight is 526 g/mol. The van der Waals surface area contributed by atoms with Gasteiger partial charge in [-0.15, -0.1) is 0 Å². The lowest BCUT2D eigenvalue weighted by molar-refractivity contribution is -0.169. The zero-order chi connectivity index (χ0) is 26.7. The molecule has 2 amide bonds. The van der Waals surface area contributed by atoms with Crippen molar-refractivity contribution in [1.82, 2.24) is 9.62 Å². The van der Waals surface area contributed by atoms with Crippen molar-refractivity contribution in [3.05, 3.63) is 29.6 Å². The molecule has 1 fully saturated rings. The minimum atomic E-state index is -2.03. The number of phenols is 1. The van der Waals surface area contributed by atoms with Crippen molar-refractivity contribution in [2.75, 3.05) is 17.4 Å². The number of phenolic OH excluding ortho intramolecular Hbond substituents is 1. The SMILES string of the molecule is CC(C)CCC1C=C(c2ccc(O)c(N3CC(=O)NS3=O)c2F)CN1C(=O)OC(C)OC(=O)C(C)C. The van der Waals surface area contributed by atoms with Gasteiger partial charge in [0.2, 0.25) is 17.5 Å². The zero-order valence-corrected chi connectivity index (χ0v) is 21.8. The van der Waals surface area contributed by atoms with Crippen molar-refractivity contribution in [2.45, 2.75) is 59.8 Å². The largest absolute Gasteiger partial charge is 0.506 e. The van der Waals surface area contributed by atoms with Crippen molar-refractivity contribution >= 4 is 40.4 Å². The van der Waals surface area contributed by atoms with Gasteiger partial charge in [-0.25, -0.2) is 13.4 Å². The van der Waals surface area contributed by atoms with Gasteiger partial charge < -0.3 is 14.6 Å². The highest BCUT2D eigenvalue weighted by Gasteiger charge is 2.36. The van der Waals surface area contributed by atoms with Crippen molar-refractivity contribution < 1.29 is 37.6 Å². The number of rotatable bonds is 8. The Morgan fingerprint density at radius 2 is 1.89 bits per heavy atom. The van der Waals surface area contributed by atoms with Gasteiger partial charge in [-0.2, -0.15) is 0 Å². The smallest absolute Gasteiger partial charge is 0.413 e. The fourth-order valence-electron chi connectivity index (χ4n) is 3.90. The molecule has 3 atom stereocenters. The molecule has 0 aromatic heterocycles. The van der Waals surface area contributed by atoms with Gasteiger partial charge in [0.1, 0.15) is 18.0 Å². The monoisotopic (exact) mass is 525 g/mol. The molecule has 0 aliphatic carbocycles. The molecule has 2 aliphatic rings. The molecule has 1 aromatic rings. The van der Waals surface area contributed by atoms with E-state index in [-0.39, 0.29) is 30.3 Å². The topological polar surface area (TPSA) is 125 Å². The van der Waals surface area contributed by atoms with Crippen LogP contribution in [0.2, 0.25) is 0 Å². The number of carbonyl (C=O) groups excluding carboxylic acids is 3. The van der Waals surface area contributed by atoms with E-state index in [2.05, 4.69) is 4.72 Å². The maximum Gasteiger partial charge on any atom is 0.413 e. The number of benzene rings is 1. The number of nitrogens with one attached hydrogen (secondary N) is 1. The van der Waals surface area contributed by atoms with E-state index in [9.17, 15) is 23.7 Å². The van der Waals surface area contributed by atoms with Crippen molar-refractivity contribution in [3.8, 4) is 5.75 Å². The number of anilines is 1. The first kappa shape index (κ1) is 27.4. The number of aromatic hydroxyl groups is 1. The summed E-state index contributed by atoms with van der Waals surface area (Å²) in [7, 11) is 0. The van der Waals surface area contributed by atoms with Crippen LogP contribution in [-0.2, 0) is 30.2 Å². The van der Waals surface area contributed by atoms with Crippen LogP contribution in [0.5, 0.6) is 5.75 Å². The molecular formula is C24H32FN3O7S. The van der Waals surface area contributed by atoms with Crippen LogP contribution in [0.15, 0.2) is 18.2 Å². The van der Waals surface area contributed by atoms with Crippen molar-refractivity contribution in [2.24, 2.45) is 11.8 Å². The highest BCUT2D eigenvalue weighted by molar-refractivity contribution is 7.85. The lowest BCUT2D eigenvalue weighted by Gasteiger charge is -2.26. The quantitative estimate of drug-likeness (QED) is 0.394. The van der Waals surface area contributed by atoms with Crippen LogP contribution in [0.4, 0.5) is 14.9 Å². The van der Waals surface area contributed by atoms with Gasteiger partial charge in [0, 0.05) is 12.5 Å². The molecule has 3 rings (SSSR count). The number of halogens is 1. The van der Waals surface area contributed by atoms with Gasteiger partial charge >= 0.3 is 12.1 Å². The minimum absolute atomic E-state index is 0.00779. The molecule has 0 spiro atoms. The third-order valence-electron chi connectivity index (χ3n) is 5.81. The fourth-order valence-corrected chi connectivity index (χ4v) is 4.85. The second-order valence-electron chi connectivity index (χ2n) is 9.51. The molecule has 2 N–H and O–H groups in total. The highest BCUT2D eigenvalue weighted by atomic mass is 32.2. The third-order valence-corrected chi connectivity index (χ3v) is 6.92. The summed E-state index contributed by atoms with van der Waals surface area (Å²) in [4.78, 5) is 37.9. The summed E-state index contributed by atoms with van der Waals surface area (Å²) in [5, 5.41) is 10.3. The van der Waals surface area contributed by atoms with E-state index in [1.165, 1.54) is 24.0 Å². The second kappa shape index (κ2) is 11.3. The predicted molar refractivity (Wildman–Crippen MR) is 131 cm³/mol. The zero-order valence-electron chi connectivity index (χ0n) is 20.9. The Kier molecular flexibility index (Phi) is 8.59. The molecule has 3 unspecified atom stereocenters. The maximum absolute atomic E-state index is 15.6. The summed E-state index contributed by atoms with van der Waals surface area (Å²) in [6.07, 6.45) is 1.33. The first-order valence-electron chi connectivity index (χ1n) is 11.8. The van der Waals surface area contributed by atoms with Gasteiger partial charge in [0.25, 0.3) is 5.91 Å². The fraction of sp³-hybridized carbons (Fsp3) is 0.542. The van der Waals surface area contributed by atoms with E-state index in [1.54, 1.807) is 19.9 Å². The van der Waals surface area contributed by atoms with Crippen LogP contribution in [0, 0.1) is 17.7 Å². The molecular weight excluding hydrogens is 493 g/mol. The number of hydrogen-bond acceptors (Lipinski definition) is 7. The summed E-state index contributed by atoms with van der Waals surface area (Å²) in [5.74, 6) is -2.41. The minimum Gasteiger partial charge on any atom is -0.506 e. The molecule has 198 valence electrons. The van der Waals surface area contributed by atoms with E-state index in [0.717, 1.165) is 10.7 Å². The number of hydrogen-bond donors (Lipinski definition) is 2. The van der Waals surface area contributed by atoms with Crippen LogP contribution >= 0.6 is 0 Å². The first-order valence-corrected chi connectivity index (χ1v) is 12.9. The average Bonchev–Trinajstić information content (AvgIpc) is 3.35. The van der Waals surface area contributed by atoms with Gasteiger partial charge in [-0.3, -0.25) is 23.5 Å². The molecule has 2 aliphatic heterocycles. The predicted octanol–water partition coefficient (Wildman–Crippen LogP) is 3.23. The summed E-state index contributed by atoms with van der Waals surface area (Å²) >= 11 is -2.03. The van der Waals surface area contributed by atoms with E-state index in [0.29, 0.717) is 17.9 Å². The molecule has 10 nitrogen and oxygen atoms in total. The van der Waals surface area contributed by atoms with Gasteiger partial charge in [-0.1, -0.05) is 33.8 Å². The number of amides is 2. The summed E-state index contributed by atoms with van der Waals surface area (Å²) in [6, 6.07) is 2.23. The number of carbonyl (C=O) groups is 3. The van der Waals surface area contributed by atoms with Crippen LogP contribution in [0.25, 0.3) is 5.57 Å². The molecule has 12 heteroatoms. The van der Waals surface area contributed by atoms with E-state index in [1.807, 2.05) is 13.8 Å².